The third-order valence-electron chi connectivity index (χ3n) is 4.90. The van der Waals surface area contributed by atoms with Crippen molar-refractivity contribution in [2.75, 3.05) is 19.6 Å². The summed E-state index contributed by atoms with van der Waals surface area (Å²) < 4.78 is 1.90. The van der Waals surface area contributed by atoms with E-state index >= 15 is 0 Å². The third-order valence-corrected chi connectivity index (χ3v) is 4.90. The van der Waals surface area contributed by atoms with E-state index in [1.54, 1.807) is 0 Å². The van der Waals surface area contributed by atoms with E-state index in [-0.39, 0.29) is 5.91 Å². The van der Waals surface area contributed by atoms with E-state index in [1.807, 2.05) is 10.9 Å². The SMILES string of the molecule is CCCN1CCC(n2cc(C(=O)NC3CCCC3)nn2)CC1. The zero-order valence-electron chi connectivity index (χ0n) is 13.5. The summed E-state index contributed by atoms with van der Waals surface area (Å²) in [7, 11) is 0. The second-order valence-corrected chi connectivity index (χ2v) is 6.61. The van der Waals surface area contributed by atoms with E-state index in [2.05, 4.69) is 27.5 Å². The number of likely N-dealkylation sites (tertiary alicyclic amines) is 1. The van der Waals surface area contributed by atoms with Gasteiger partial charge in [0.1, 0.15) is 0 Å². The highest BCUT2D eigenvalue weighted by Crippen LogP contribution is 2.22. The molecule has 1 saturated heterocycles. The first-order valence-electron chi connectivity index (χ1n) is 8.71. The number of piperidine rings is 1. The standard InChI is InChI=1S/C16H27N5O/c1-2-9-20-10-7-14(8-11-20)21-12-15(18-19-21)16(22)17-13-5-3-4-6-13/h12-14H,2-11H2,1H3,(H,17,22). The van der Waals surface area contributed by atoms with Crippen LogP contribution in [0, 0.1) is 0 Å². The topological polar surface area (TPSA) is 63.1 Å². The lowest BCUT2D eigenvalue weighted by molar-refractivity contribution is 0.0932. The van der Waals surface area contributed by atoms with E-state index in [4.69, 9.17) is 0 Å². The molecule has 122 valence electrons. The van der Waals surface area contributed by atoms with Crippen LogP contribution < -0.4 is 5.32 Å². The van der Waals surface area contributed by atoms with Gasteiger partial charge < -0.3 is 10.2 Å². The van der Waals surface area contributed by atoms with Crippen molar-refractivity contribution in [3.8, 4) is 0 Å². The predicted octanol–water partition coefficient (Wildman–Crippen LogP) is 2.00. The van der Waals surface area contributed by atoms with Crippen LogP contribution in [0.4, 0.5) is 0 Å². The van der Waals surface area contributed by atoms with Gasteiger partial charge in [-0.3, -0.25) is 4.79 Å². The van der Waals surface area contributed by atoms with Crippen molar-refractivity contribution in [3.05, 3.63) is 11.9 Å². The van der Waals surface area contributed by atoms with Gasteiger partial charge in [-0.2, -0.15) is 0 Å². The molecule has 1 saturated carbocycles. The van der Waals surface area contributed by atoms with Crippen molar-refractivity contribution >= 4 is 5.91 Å². The van der Waals surface area contributed by atoms with Gasteiger partial charge in [0, 0.05) is 19.1 Å². The maximum absolute atomic E-state index is 12.2. The Labute approximate surface area is 132 Å². The van der Waals surface area contributed by atoms with Gasteiger partial charge in [0.05, 0.1) is 12.2 Å². The van der Waals surface area contributed by atoms with Crippen LogP contribution in [0.5, 0.6) is 0 Å². The first-order valence-corrected chi connectivity index (χ1v) is 8.71. The van der Waals surface area contributed by atoms with Gasteiger partial charge >= 0.3 is 0 Å². The van der Waals surface area contributed by atoms with Crippen molar-refractivity contribution in [1.82, 2.24) is 25.2 Å². The quantitative estimate of drug-likeness (QED) is 0.904. The number of hydrogen-bond acceptors (Lipinski definition) is 4. The summed E-state index contributed by atoms with van der Waals surface area (Å²) in [6, 6.07) is 0.712. The highest BCUT2D eigenvalue weighted by atomic mass is 16.2. The molecule has 6 heteroatoms. The zero-order valence-corrected chi connectivity index (χ0v) is 13.5. The molecular weight excluding hydrogens is 278 g/mol. The fraction of sp³-hybridized carbons (Fsp3) is 0.812. The highest BCUT2D eigenvalue weighted by molar-refractivity contribution is 5.92. The molecule has 3 rings (SSSR count). The molecule has 2 fully saturated rings. The molecule has 0 radical (unpaired) electrons. The third kappa shape index (κ3) is 3.66. The number of nitrogens with zero attached hydrogens (tertiary/aromatic N) is 4. The van der Waals surface area contributed by atoms with Crippen LogP contribution in [0.2, 0.25) is 0 Å². The molecule has 22 heavy (non-hydrogen) atoms. The van der Waals surface area contributed by atoms with Crippen LogP contribution in [0.15, 0.2) is 6.20 Å². The number of nitrogens with one attached hydrogen (secondary N) is 1. The minimum absolute atomic E-state index is 0.0680. The minimum atomic E-state index is -0.0680. The fourth-order valence-electron chi connectivity index (χ4n) is 3.61. The number of carbonyl (C=O) groups excluding carboxylic acids is 1. The Morgan fingerprint density at radius 2 is 2.00 bits per heavy atom. The van der Waals surface area contributed by atoms with Crippen molar-refractivity contribution < 1.29 is 4.79 Å². The number of aromatic nitrogens is 3. The van der Waals surface area contributed by atoms with E-state index in [1.165, 1.54) is 25.8 Å². The maximum Gasteiger partial charge on any atom is 0.273 e. The first kappa shape index (κ1) is 15.5. The number of carbonyl (C=O) groups is 1. The van der Waals surface area contributed by atoms with Crippen LogP contribution in [0.3, 0.4) is 0 Å². The summed E-state index contributed by atoms with van der Waals surface area (Å²) >= 11 is 0. The van der Waals surface area contributed by atoms with Crippen molar-refractivity contribution in [2.24, 2.45) is 0 Å². The van der Waals surface area contributed by atoms with Gasteiger partial charge in [0.25, 0.3) is 5.91 Å². The van der Waals surface area contributed by atoms with E-state index < -0.39 is 0 Å². The molecule has 1 amide bonds. The maximum atomic E-state index is 12.2. The first-order chi connectivity index (χ1) is 10.8. The van der Waals surface area contributed by atoms with Gasteiger partial charge in [-0.05, 0) is 38.6 Å². The van der Waals surface area contributed by atoms with E-state index in [0.717, 1.165) is 38.8 Å². The number of rotatable bonds is 5. The summed E-state index contributed by atoms with van der Waals surface area (Å²) in [5.74, 6) is -0.0680. The Morgan fingerprint density at radius 3 is 2.68 bits per heavy atom. The van der Waals surface area contributed by atoms with Crippen molar-refractivity contribution in [3.63, 3.8) is 0 Å². The van der Waals surface area contributed by atoms with Crippen LogP contribution in [0.25, 0.3) is 0 Å². The molecule has 1 aromatic heterocycles. The van der Waals surface area contributed by atoms with Crippen molar-refractivity contribution in [1.29, 1.82) is 0 Å². The molecule has 0 bridgehead atoms. The van der Waals surface area contributed by atoms with Gasteiger partial charge in [-0.15, -0.1) is 5.10 Å². The highest BCUT2D eigenvalue weighted by Gasteiger charge is 2.23. The summed E-state index contributed by atoms with van der Waals surface area (Å²) in [4.78, 5) is 14.7. The largest absolute Gasteiger partial charge is 0.348 e. The molecule has 6 nitrogen and oxygen atoms in total. The van der Waals surface area contributed by atoms with Gasteiger partial charge in [0.2, 0.25) is 0 Å². The lowest BCUT2D eigenvalue weighted by Gasteiger charge is -2.31. The molecule has 0 spiro atoms. The summed E-state index contributed by atoms with van der Waals surface area (Å²) in [5, 5.41) is 11.3. The Kier molecular flexibility index (Phi) is 5.08. The van der Waals surface area contributed by atoms with Crippen LogP contribution >= 0.6 is 0 Å². The molecule has 2 heterocycles. The zero-order chi connectivity index (χ0) is 15.4. The average Bonchev–Trinajstić information content (AvgIpc) is 3.19. The normalized spacial score (nSPS) is 21.3. The molecule has 1 aromatic rings. The molecule has 1 aliphatic carbocycles. The van der Waals surface area contributed by atoms with E-state index in [9.17, 15) is 4.79 Å². The Hall–Kier alpha value is -1.43. The second-order valence-electron chi connectivity index (χ2n) is 6.61. The predicted molar refractivity (Wildman–Crippen MR) is 84.7 cm³/mol. The minimum Gasteiger partial charge on any atom is -0.348 e. The Balaban J connectivity index is 1.53. The Morgan fingerprint density at radius 1 is 1.27 bits per heavy atom. The molecule has 2 aliphatic rings. The van der Waals surface area contributed by atoms with Gasteiger partial charge in [0.15, 0.2) is 5.69 Å². The molecule has 1 aliphatic heterocycles. The lowest BCUT2D eigenvalue weighted by Crippen LogP contribution is -2.35. The molecular formula is C16H27N5O. The van der Waals surface area contributed by atoms with Crippen LogP contribution in [-0.4, -0.2) is 51.5 Å². The Bertz CT molecular complexity index is 486. The lowest BCUT2D eigenvalue weighted by atomic mass is 10.1. The average molecular weight is 305 g/mol. The van der Waals surface area contributed by atoms with Gasteiger partial charge in [-0.1, -0.05) is 25.0 Å². The number of amides is 1. The molecule has 0 unspecified atom stereocenters. The second kappa shape index (κ2) is 7.22. The van der Waals surface area contributed by atoms with Crippen molar-refractivity contribution in [2.45, 2.75) is 64.0 Å². The molecule has 0 aromatic carbocycles. The smallest absolute Gasteiger partial charge is 0.273 e. The van der Waals surface area contributed by atoms with Gasteiger partial charge in [-0.25, -0.2) is 4.68 Å². The van der Waals surface area contributed by atoms with E-state index in [0.29, 0.717) is 17.8 Å². The summed E-state index contributed by atoms with van der Waals surface area (Å²) in [6.45, 7) is 5.63. The fourth-order valence-corrected chi connectivity index (χ4v) is 3.61. The number of hydrogen-bond donors (Lipinski definition) is 1. The summed E-state index contributed by atoms with van der Waals surface area (Å²) in [5.41, 5.74) is 0.461. The van der Waals surface area contributed by atoms with Crippen LogP contribution in [0.1, 0.15) is 68.4 Å². The molecule has 1 N–H and O–H groups in total. The molecule has 0 atom stereocenters. The van der Waals surface area contributed by atoms with Crippen LogP contribution in [-0.2, 0) is 0 Å². The summed E-state index contributed by atoms with van der Waals surface area (Å²) in [6.07, 6.45) is 9.83. The monoisotopic (exact) mass is 305 g/mol.